The van der Waals surface area contributed by atoms with Crippen LogP contribution in [0.2, 0.25) is 5.02 Å². The average Bonchev–Trinajstić information content (AvgIpc) is 2.66. The van der Waals surface area contributed by atoms with E-state index < -0.39 is 22.7 Å². The highest BCUT2D eigenvalue weighted by atomic mass is 35.5. The molecule has 0 unspecified atom stereocenters. The first-order valence-electron chi connectivity index (χ1n) is 8.44. The minimum Gasteiger partial charge on any atom is -0.490 e. The molecule has 0 atom stereocenters. The topological polar surface area (TPSA) is 58.6 Å². The van der Waals surface area contributed by atoms with Gasteiger partial charge in [0, 0.05) is 18.5 Å². The van der Waals surface area contributed by atoms with Crippen LogP contribution in [0.4, 0.5) is 24.5 Å². The van der Waals surface area contributed by atoms with Gasteiger partial charge in [0.1, 0.15) is 12.4 Å². The number of nitrogens with one attached hydrogen (secondary N) is 1. The summed E-state index contributed by atoms with van der Waals surface area (Å²) in [7, 11) is 0. The number of benzene rings is 2. The molecule has 0 radical (unpaired) electrons. The number of para-hydroxylation sites is 2. The van der Waals surface area contributed by atoms with Crippen LogP contribution in [-0.4, -0.2) is 25.0 Å². The van der Waals surface area contributed by atoms with E-state index in [-0.39, 0.29) is 24.4 Å². The first kappa shape index (κ1) is 20.0. The lowest BCUT2D eigenvalue weighted by atomic mass is 10.1. The molecular weight excluding hydrogens is 397 g/mol. The molecule has 0 saturated heterocycles. The van der Waals surface area contributed by atoms with Crippen LogP contribution < -0.4 is 15.0 Å². The molecule has 0 aromatic heterocycles. The minimum absolute atomic E-state index is 0.0362. The standard InChI is InChI=1S/C19H16ClF3N2O3/c20-14-6-5-12(11-13(14)19(21,22)23)24-17(26)7-8-18(27)25-9-10-28-16-4-2-1-3-15(16)25/h1-6,11H,7-10H2,(H,24,26). The Morgan fingerprint density at radius 3 is 2.64 bits per heavy atom. The number of ether oxygens (including phenoxy) is 1. The number of nitrogens with zero attached hydrogens (tertiary/aromatic N) is 1. The zero-order valence-electron chi connectivity index (χ0n) is 14.6. The Morgan fingerprint density at radius 1 is 1.14 bits per heavy atom. The fourth-order valence-corrected chi connectivity index (χ4v) is 3.05. The fraction of sp³-hybridized carbons (Fsp3) is 0.263. The van der Waals surface area contributed by atoms with Crippen LogP contribution in [0.15, 0.2) is 42.5 Å². The van der Waals surface area contributed by atoms with Gasteiger partial charge < -0.3 is 15.0 Å². The Kier molecular flexibility index (Phi) is 5.79. The summed E-state index contributed by atoms with van der Waals surface area (Å²) in [6.45, 7) is 0.712. The fourth-order valence-electron chi connectivity index (χ4n) is 2.83. The van der Waals surface area contributed by atoms with E-state index in [1.54, 1.807) is 24.3 Å². The van der Waals surface area contributed by atoms with Crippen molar-refractivity contribution in [1.82, 2.24) is 0 Å². The molecule has 1 aliphatic rings. The summed E-state index contributed by atoms with van der Waals surface area (Å²) < 4.78 is 44.1. The predicted molar refractivity (Wildman–Crippen MR) is 98.6 cm³/mol. The zero-order chi connectivity index (χ0) is 20.3. The first-order valence-corrected chi connectivity index (χ1v) is 8.82. The number of hydrogen-bond donors (Lipinski definition) is 1. The van der Waals surface area contributed by atoms with E-state index >= 15 is 0 Å². The number of carbonyl (C=O) groups excluding carboxylic acids is 2. The summed E-state index contributed by atoms with van der Waals surface area (Å²) in [5.74, 6) is -0.240. The molecule has 28 heavy (non-hydrogen) atoms. The molecule has 0 spiro atoms. The zero-order valence-corrected chi connectivity index (χ0v) is 15.3. The van der Waals surface area contributed by atoms with Gasteiger partial charge in [-0.3, -0.25) is 9.59 Å². The molecule has 3 rings (SSSR count). The number of fused-ring (bicyclic) bond motifs is 1. The molecule has 0 aliphatic carbocycles. The first-order chi connectivity index (χ1) is 13.3. The van der Waals surface area contributed by atoms with Crippen molar-refractivity contribution in [2.24, 2.45) is 0 Å². The maximum Gasteiger partial charge on any atom is 0.417 e. The molecule has 148 valence electrons. The van der Waals surface area contributed by atoms with Crippen molar-refractivity contribution >= 4 is 34.8 Å². The monoisotopic (exact) mass is 412 g/mol. The second-order valence-corrected chi connectivity index (χ2v) is 6.51. The van der Waals surface area contributed by atoms with Crippen LogP contribution in [0, 0.1) is 0 Å². The van der Waals surface area contributed by atoms with Crippen molar-refractivity contribution in [3.05, 3.63) is 53.1 Å². The van der Waals surface area contributed by atoms with Crippen LogP contribution in [0.5, 0.6) is 5.75 Å². The second-order valence-electron chi connectivity index (χ2n) is 6.10. The van der Waals surface area contributed by atoms with Crippen LogP contribution in [0.3, 0.4) is 0 Å². The molecule has 1 aliphatic heterocycles. The normalized spacial score (nSPS) is 13.5. The lowest BCUT2D eigenvalue weighted by molar-refractivity contribution is -0.137. The third kappa shape index (κ3) is 4.56. The van der Waals surface area contributed by atoms with Gasteiger partial charge in [0.15, 0.2) is 0 Å². The number of carbonyl (C=O) groups is 2. The van der Waals surface area contributed by atoms with Gasteiger partial charge in [-0.25, -0.2) is 0 Å². The largest absolute Gasteiger partial charge is 0.490 e. The van der Waals surface area contributed by atoms with E-state index in [2.05, 4.69) is 5.32 Å². The molecule has 0 bridgehead atoms. The maximum absolute atomic E-state index is 12.9. The summed E-state index contributed by atoms with van der Waals surface area (Å²) in [5.41, 5.74) is -0.439. The van der Waals surface area contributed by atoms with Gasteiger partial charge in [0.05, 0.1) is 22.8 Å². The maximum atomic E-state index is 12.9. The lowest BCUT2D eigenvalue weighted by Gasteiger charge is -2.29. The van der Waals surface area contributed by atoms with E-state index in [0.717, 1.165) is 12.1 Å². The van der Waals surface area contributed by atoms with E-state index in [9.17, 15) is 22.8 Å². The smallest absolute Gasteiger partial charge is 0.417 e. The van der Waals surface area contributed by atoms with Crippen LogP contribution >= 0.6 is 11.6 Å². The van der Waals surface area contributed by atoms with Gasteiger partial charge in [-0.15, -0.1) is 0 Å². The van der Waals surface area contributed by atoms with Gasteiger partial charge in [-0.1, -0.05) is 23.7 Å². The van der Waals surface area contributed by atoms with Crippen molar-refractivity contribution in [3.63, 3.8) is 0 Å². The highest BCUT2D eigenvalue weighted by Crippen LogP contribution is 2.36. The van der Waals surface area contributed by atoms with Gasteiger partial charge in [0.2, 0.25) is 11.8 Å². The number of amides is 2. The summed E-state index contributed by atoms with van der Waals surface area (Å²) in [6.07, 6.45) is -4.88. The van der Waals surface area contributed by atoms with Crippen molar-refractivity contribution < 1.29 is 27.5 Å². The molecule has 1 N–H and O–H groups in total. The number of hydrogen-bond acceptors (Lipinski definition) is 3. The predicted octanol–water partition coefficient (Wildman–Crippen LogP) is 4.50. The number of halogens is 4. The van der Waals surface area contributed by atoms with Crippen molar-refractivity contribution in [2.75, 3.05) is 23.4 Å². The second kappa shape index (κ2) is 8.10. The van der Waals surface area contributed by atoms with E-state index in [1.807, 2.05) is 0 Å². The summed E-state index contributed by atoms with van der Waals surface area (Å²) in [5, 5.41) is 1.91. The molecule has 9 heteroatoms. The van der Waals surface area contributed by atoms with Crippen molar-refractivity contribution in [2.45, 2.75) is 19.0 Å². The Morgan fingerprint density at radius 2 is 1.89 bits per heavy atom. The molecule has 0 fully saturated rings. The summed E-state index contributed by atoms with van der Waals surface area (Å²) in [4.78, 5) is 26.1. The van der Waals surface area contributed by atoms with E-state index in [0.29, 0.717) is 24.6 Å². The van der Waals surface area contributed by atoms with Crippen LogP contribution in [-0.2, 0) is 15.8 Å². The molecular formula is C19H16ClF3N2O3. The minimum atomic E-state index is -4.63. The molecule has 0 saturated carbocycles. The summed E-state index contributed by atoms with van der Waals surface area (Å²) >= 11 is 5.55. The quantitative estimate of drug-likeness (QED) is 0.804. The Bertz CT molecular complexity index is 902. The molecule has 2 aromatic carbocycles. The number of alkyl halides is 3. The summed E-state index contributed by atoms with van der Waals surface area (Å²) in [6, 6.07) is 10.2. The Balaban J connectivity index is 1.60. The number of rotatable bonds is 4. The third-order valence-corrected chi connectivity index (χ3v) is 4.48. The van der Waals surface area contributed by atoms with Crippen molar-refractivity contribution in [1.29, 1.82) is 0 Å². The molecule has 2 aromatic rings. The Labute approximate surface area is 164 Å². The lowest BCUT2D eigenvalue weighted by Crippen LogP contribution is -2.38. The van der Waals surface area contributed by atoms with Gasteiger partial charge in [-0.2, -0.15) is 13.2 Å². The van der Waals surface area contributed by atoms with Crippen LogP contribution in [0.1, 0.15) is 18.4 Å². The number of anilines is 2. The molecule has 1 heterocycles. The van der Waals surface area contributed by atoms with Crippen molar-refractivity contribution in [3.8, 4) is 5.75 Å². The van der Waals surface area contributed by atoms with Gasteiger partial charge in [-0.05, 0) is 30.3 Å². The SMILES string of the molecule is O=C(CCC(=O)N1CCOc2ccccc21)Nc1ccc(Cl)c(C(F)(F)F)c1. The average molecular weight is 413 g/mol. The van der Waals surface area contributed by atoms with E-state index in [4.69, 9.17) is 16.3 Å². The Hall–Kier alpha value is -2.74. The van der Waals surface area contributed by atoms with Gasteiger partial charge >= 0.3 is 6.18 Å². The third-order valence-electron chi connectivity index (χ3n) is 4.15. The molecule has 5 nitrogen and oxygen atoms in total. The van der Waals surface area contributed by atoms with E-state index in [1.165, 1.54) is 11.0 Å². The molecule has 2 amide bonds. The van der Waals surface area contributed by atoms with Gasteiger partial charge in [0.25, 0.3) is 0 Å². The van der Waals surface area contributed by atoms with Crippen LogP contribution in [0.25, 0.3) is 0 Å². The highest BCUT2D eigenvalue weighted by Gasteiger charge is 2.33. The highest BCUT2D eigenvalue weighted by molar-refractivity contribution is 6.31.